The van der Waals surface area contributed by atoms with Crippen molar-refractivity contribution in [2.24, 2.45) is 17.6 Å². The first-order valence-electron chi connectivity index (χ1n) is 16.1. The van der Waals surface area contributed by atoms with Crippen molar-refractivity contribution in [2.45, 2.75) is 71.7 Å². The number of carbonyl (C=O) groups excluding carboxylic acids is 3. The van der Waals surface area contributed by atoms with E-state index in [1.807, 2.05) is 107 Å². The van der Waals surface area contributed by atoms with Crippen LogP contribution in [-0.2, 0) is 16.0 Å². The SMILES string of the molecule is Cc1cc(C)c(OCC(=O)N[C@@H](C(N)c2ccccc2)[C@@H](O)C[C@H](Cc2ccccc2)C(=O)C(C(C)C)N2CCNC2=O)c(C)c1. The number of Topliss-reactive ketones (excluding diaryl/α,β-unsaturated/α-hetero) is 1. The topological polar surface area (TPSA) is 134 Å². The lowest BCUT2D eigenvalue weighted by molar-refractivity contribution is -0.130. The lowest BCUT2D eigenvalue weighted by Gasteiger charge is -2.35. The van der Waals surface area contributed by atoms with Crippen molar-refractivity contribution in [3.63, 3.8) is 0 Å². The van der Waals surface area contributed by atoms with E-state index >= 15 is 0 Å². The number of urea groups is 1. The van der Waals surface area contributed by atoms with Gasteiger partial charge in [0.15, 0.2) is 12.4 Å². The van der Waals surface area contributed by atoms with Crippen LogP contribution in [0, 0.1) is 32.6 Å². The van der Waals surface area contributed by atoms with Crippen LogP contribution in [0.2, 0.25) is 0 Å². The van der Waals surface area contributed by atoms with Gasteiger partial charge in [-0.3, -0.25) is 9.59 Å². The van der Waals surface area contributed by atoms with Crippen molar-refractivity contribution in [1.82, 2.24) is 15.5 Å². The van der Waals surface area contributed by atoms with Crippen molar-refractivity contribution in [2.75, 3.05) is 19.7 Å². The second kappa shape index (κ2) is 15.9. The average molecular weight is 629 g/mol. The first-order valence-corrected chi connectivity index (χ1v) is 16.1. The minimum absolute atomic E-state index is 0.0366. The van der Waals surface area contributed by atoms with Gasteiger partial charge in [-0.1, -0.05) is 92.2 Å². The number of benzene rings is 3. The predicted molar refractivity (Wildman–Crippen MR) is 179 cm³/mol. The molecule has 1 aliphatic heterocycles. The van der Waals surface area contributed by atoms with Gasteiger partial charge in [0.1, 0.15) is 5.75 Å². The molecule has 9 heteroatoms. The van der Waals surface area contributed by atoms with Crippen LogP contribution in [-0.4, -0.2) is 65.6 Å². The van der Waals surface area contributed by atoms with E-state index in [-0.39, 0.29) is 30.8 Å². The molecular weight excluding hydrogens is 580 g/mol. The molecule has 4 rings (SSSR count). The molecule has 5 atom stereocenters. The Bertz CT molecular complexity index is 1460. The number of aliphatic hydroxyl groups excluding tert-OH is 1. The fourth-order valence-electron chi connectivity index (χ4n) is 6.54. The maximum absolute atomic E-state index is 14.3. The van der Waals surface area contributed by atoms with Crippen LogP contribution in [0.5, 0.6) is 5.75 Å². The van der Waals surface area contributed by atoms with Crippen molar-refractivity contribution in [3.05, 3.63) is 101 Å². The highest BCUT2D eigenvalue weighted by molar-refractivity contribution is 5.91. The molecule has 1 fully saturated rings. The van der Waals surface area contributed by atoms with E-state index in [1.165, 1.54) is 0 Å². The number of carbonyl (C=O) groups is 3. The normalized spacial score (nSPS) is 16.3. The number of nitrogens with two attached hydrogens (primary N) is 1. The molecule has 0 spiro atoms. The average Bonchev–Trinajstić information content (AvgIpc) is 3.44. The van der Waals surface area contributed by atoms with Crippen LogP contribution < -0.4 is 21.1 Å². The minimum atomic E-state index is -1.18. The molecule has 246 valence electrons. The quantitative estimate of drug-likeness (QED) is 0.197. The maximum atomic E-state index is 14.3. The van der Waals surface area contributed by atoms with Crippen LogP contribution >= 0.6 is 0 Å². The molecule has 0 radical (unpaired) electrons. The largest absolute Gasteiger partial charge is 0.483 e. The second-order valence-corrected chi connectivity index (χ2v) is 12.8. The summed E-state index contributed by atoms with van der Waals surface area (Å²) >= 11 is 0. The summed E-state index contributed by atoms with van der Waals surface area (Å²) in [6.45, 7) is 10.4. The number of aryl methyl sites for hydroxylation is 3. The van der Waals surface area contributed by atoms with Crippen molar-refractivity contribution in [3.8, 4) is 5.75 Å². The zero-order chi connectivity index (χ0) is 33.4. The third-order valence-corrected chi connectivity index (χ3v) is 8.67. The highest BCUT2D eigenvalue weighted by atomic mass is 16.5. The zero-order valence-corrected chi connectivity index (χ0v) is 27.5. The monoisotopic (exact) mass is 628 g/mol. The fraction of sp³-hybridized carbons (Fsp3) is 0.432. The molecule has 0 bridgehead atoms. The molecule has 46 heavy (non-hydrogen) atoms. The van der Waals surface area contributed by atoms with Gasteiger partial charge in [-0.05, 0) is 61.8 Å². The van der Waals surface area contributed by atoms with Gasteiger partial charge in [-0.2, -0.15) is 0 Å². The number of nitrogens with zero attached hydrogens (tertiary/aromatic N) is 1. The molecule has 3 amide bonds. The summed E-state index contributed by atoms with van der Waals surface area (Å²) in [5, 5.41) is 17.6. The van der Waals surface area contributed by atoms with Gasteiger partial charge in [-0.15, -0.1) is 0 Å². The van der Waals surface area contributed by atoms with Crippen molar-refractivity contribution < 1.29 is 24.2 Å². The van der Waals surface area contributed by atoms with Gasteiger partial charge in [0.25, 0.3) is 5.91 Å². The molecule has 3 aromatic rings. The number of ketones is 1. The molecule has 1 heterocycles. The Kier molecular flexibility index (Phi) is 12.0. The van der Waals surface area contributed by atoms with Crippen LogP contribution in [0.25, 0.3) is 0 Å². The van der Waals surface area contributed by atoms with E-state index in [9.17, 15) is 19.5 Å². The molecule has 1 aliphatic rings. The number of amides is 3. The van der Waals surface area contributed by atoms with Crippen LogP contribution in [0.15, 0.2) is 72.8 Å². The Morgan fingerprint density at radius 1 is 1.00 bits per heavy atom. The summed E-state index contributed by atoms with van der Waals surface area (Å²) in [4.78, 5) is 41.9. The molecule has 2 unspecified atom stereocenters. The number of aliphatic hydroxyl groups is 1. The highest BCUT2D eigenvalue weighted by Gasteiger charge is 2.40. The molecule has 0 aliphatic carbocycles. The summed E-state index contributed by atoms with van der Waals surface area (Å²) in [5.74, 6) is -0.699. The number of hydrogen-bond acceptors (Lipinski definition) is 6. The first kappa shape index (κ1) is 34.7. The number of ether oxygens (including phenoxy) is 1. The summed E-state index contributed by atoms with van der Waals surface area (Å²) in [5.41, 5.74) is 11.4. The highest BCUT2D eigenvalue weighted by Crippen LogP contribution is 2.28. The van der Waals surface area contributed by atoms with E-state index in [2.05, 4.69) is 10.6 Å². The Balaban J connectivity index is 1.60. The first-order chi connectivity index (χ1) is 22.0. The van der Waals surface area contributed by atoms with E-state index in [0.717, 1.165) is 27.8 Å². The Morgan fingerprint density at radius 2 is 1.61 bits per heavy atom. The number of hydrogen-bond donors (Lipinski definition) is 4. The lowest BCUT2D eigenvalue weighted by Crippen LogP contribution is -2.53. The van der Waals surface area contributed by atoms with Gasteiger partial charge in [0.2, 0.25) is 0 Å². The molecule has 0 aromatic heterocycles. The Labute approximate surface area is 272 Å². The van der Waals surface area contributed by atoms with Crippen LogP contribution in [0.3, 0.4) is 0 Å². The second-order valence-electron chi connectivity index (χ2n) is 12.8. The standard InChI is InChI=1S/C37H48N4O5/c1-23(2)34(41-17-16-39-37(41)45)35(44)29(20-27-12-8-6-9-13-27)21-30(42)33(32(38)28-14-10-7-11-15-28)40-31(43)22-46-36-25(4)18-24(3)19-26(36)5/h6-15,18-19,23,29-30,32-34,42H,16-17,20-22,38H2,1-5H3,(H,39,45)(H,40,43)/t29-,30-,32?,33+,34?/m0/s1. The third-order valence-electron chi connectivity index (χ3n) is 8.67. The van der Waals surface area contributed by atoms with Crippen molar-refractivity contribution >= 4 is 17.7 Å². The van der Waals surface area contributed by atoms with E-state index < -0.39 is 36.1 Å². The van der Waals surface area contributed by atoms with Crippen molar-refractivity contribution in [1.29, 1.82) is 0 Å². The van der Waals surface area contributed by atoms with Gasteiger partial charge >= 0.3 is 6.03 Å². The fourth-order valence-corrected chi connectivity index (χ4v) is 6.54. The molecule has 3 aromatic carbocycles. The van der Waals surface area contributed by atoms with Gasteiger partial charge < -0.3 is 31.1 Å². The Hall–Kier alpha value is -4.21. The zero-order valence-electron chi connectivity index (χ0n) is 27.5. The third kappa shape index (κ3) is 8.73. The smallest absolute Gasteiger partial charge is 0.318 e. The summed E-state index contributed by atoms with van der Waals surface area (Å²) in [6.07, 6.45) is -0.777. The maximum Gasteiger partial charge on any atom is 0.318 e. The molecule has 9 nitrogen and oxygen atoms in total. The summed E-state index contributed by atoms with van der Waals surface area (Å²) in [6, 6.07) is 20.3. The molecule has 1 saturated heterocycles. The van der Waals surface area contributed by atoms with Gasteiger partial charge in [0, 0.05) is 19.0 Å². The molecule has 5 N–H and O–H groups in total. The summed E-state index contributed by atoms with van der Waals surface area (Å²) < 4.78 is 5.94. The van der Waals surface area contributed by atoms with E-state index in [4.69, 9.17) is 10.5 Å². The summed E-state index contributed by atoms with van der Waals surface area (Å²) in [7, 11) is 0. The minimum Gasteiger partial charge on any atom is -0.483 e. The lowest BCUT2D eigenvalue weighted by atomic mass is 9.81. The van der Waals surface area contributed by atoms with Crippen LogP contribution in [0.1, 0.15) is 54.1 Å². The predicted octanol–water partition coefficient (Wildman–Crippen LogP) is 4.40. The van der Waals surface area contributed by atoms with E-state index in [1.54, 1.807) is 4.90 Å². The van der Waals surface area contributed by atoms with E-state index in [0.29, 0.717) is 25.3 Å². The molecule has 0 saturated carbocycles. The van der Waals surface area contributed by atoms with Gasteiger partial charge in [-0.25, -0.2) is 4.79 Å². The number of nitrogens with one attached hydrogen (secondary N) is 2. The number of rotatable bonds is 15. The van der Waals surface area contributed by atoms with Crippen LogP contribution in [0.4, 0.5) is 4.79 Å². The Morgan fingerprint density at radius 3 is 2.17 bits per heavy atom. The molecular formula is C37H48N4O5. The van der Waals surface area contributed by atoms with Gasteiger partial charge in [0.05, 0.1) is 24.2 Å².